The zero-order valence-corrected chi connectivity index (χ0v) is 8.62. The molecule has 0 radical (unpaired) electrons. The number of nitrogens with zero attached hydrogens (tertiary/aromatic N) is 1. The maximum Gasteiger partial charge on any atom is 0.318 e. The molecule has 2 rings (SSSR count). The summed E-state index contributed by atoms with van der Waals surface area (Å²) in [7, 11) is -4.16. The van der Waals surface area contributed by atoms with Gasteiger partial charge in [0.25, 0.3) is 0 Å². The highest BCUT2D eigenvalue weighted by Gasteiger charge is 2.30. The van der Waals surface area contributed by atoms with Crippen molar-refractivity contribution in [1.82, 2.24) is 0 Å². The van der Waals surface area contributed by atoms with Crippen LogP contribution in [-0.2, 0) is 10.1 Å². The van der Waals surface area contributed by atoms with E-state index in [1.165, 1.54) is 0 Å². The zero-order chi connectivity index (χ0) is 10.2. The van der Waals surface area contributed by atoms with E-state index < -0.39 is 10.1 Å². The first-order valence-electron chi connectivity index (χ1n) is 3.85. The lowest BCUT2D eigenvalue weighted by Crippen LogP contribution is -2.07. The fraction of sp³-hybridized carbons (Fsp3) is 0.125. The molecule has 0 spiro atoms. The normalized spacial score (nSPS) is 25.4. The molecule has 1 aliphatic heterocycles. The van der Waals surface area contributed by atoms with Crippen LogP contribution in [0.5, 0.6) is 0 Å². The minimum atomic E-state index is -4.16. The van der Waals surface area contributed by atoms with E-state index in [9.17, 15) is 8.42 Å². The summed E-state index contributed by atoms with van der Waals surface area (Å²) < 4.78 is 30.2. The predicted molar refractivity (Wildman–Crippen MR) is 56.7 cm³/mol. The first-order valence-corrected chi connectivity index (χ1v) is 6.17. The van der Waals surface area contributed by atoms with Crippen LogP contribution in [0.4, 0.5) is 0 Å². The summed E-state index contributed by atoms with van der Waals surface area (Å²) in [6.45, 7) is 0. The Labute approximate surface area is 85.9 Å². The molecule has 0 amide bonds. The van der Waals surface area contributed by atoms with Gasteiger partial charge in [0, 0.05) is 0 Å². The van der Waals surface area contributed by atoms with E-state index in [0.717, 1.165) is 11.8 Å². The van der Waals surface area contributed by atoms with Crippen LogP contribution in [0.1, 0.15) is 0 Å². The molecule has 2 aliphatic rings. The highest BCUT2D eigenvalue weighted by Crippen LogP contribution is 2.33. The van der Waals surface area contributed by atoms with E-state index >= 15 is 0 Å². The molecule has 0 aromatic carbocycles. The van der Waals surface area contributed by atoms with Crippen LogP contribution >= 0.6 is 11.8 Å². The maximum absolute atomic E-state index is 10.8. The Morgan fingerprint density at radius 2 is 2.14 bits per heavy atom. The highest BCUT2D eigenvalue weighted by atomic mass is 32.3. The van der Waals surface area contributed by atoms with Gasteiger partial charge in [0.2, 0.25) is 4.38 Å². The minimum absolute atomic E-state index is 0.109. The number of aliphatic imine (C=N–C) groups is 1. The second-order valence-corrected chi connectivity index (χ2v) is 5.48. The van der Waals surface area contributed by atoms with Gasteiger partial charge in [-0.1, -0.05) is 36.1 Å². The van der Waals surface area contributed by atoms with Crippen molar-refractivity contribution in [3.05, 3.63) is 36.1 Å². The van der Waals surface area contributed by atoms with Gasteiger partial charge in [-0.15, -0.1) is 0 Å². The Bertz CT molecular complexity index is 471. The molecule has 4 nitrogen and oxygen atoms in total. The summed E-state index contributed by atoms with van der Waals surface area (Å²) in [6, 6.07) is 0. The molecule has 74 valence electrons. The fourth-order valence-corrected chi connectivity index (χ4v) is 2.95. The standard InChI is InChI=1S/C8H7NO3S2/c10-14(11,12)8-9-6-4-2-1-3-5-7(6)13-8/h1-5,7H,(H,10,11,12)/t7-/m0/s1. The lowest BCUT2D eigenvalue weighted by atomic mass is 10.3. The molecule has 1 aliphatic carbocycles. The van der Waals surface area contributed by atoms with Crippen LogP contribution in [0.2, 0.25) is 0 Å². The van der Waals surface area contributed by atoms with Gasteiger partial charge in [-0.25, -0.2) is 4.99 Å². The molecule has 0 fully saturated rings. The Kier molecular flexibility index (Phi) is 2.34. The third-order valence-electron chi connectivity index (χ3n) is 1.74. The zero-order valence-electron chi connectivity index (χ0n) is 6.99. The quantitative estimate of drug-likeness (QED) is 0.637. The number of rotatable bonds is 0. The van der Waals surface area contributed by atoms with Crippen molar-refractivity contribution < 1.29 is 13.0 Å². The Morgan fingerprint density at radius 3 is 2.86 bits per heavy atom. The van der Waals surface area contributed by atoms with Crippen LogP contribution in [0.3, 0.4) is 0 Å². The Hall–Kier alpha value is -0.850. The number of fused-ring (bicyclic) bond motifs is 1. The van der Waals surface area contributed by atoms with Gasteiger partial charge >= 0.3 is 10.1 Å². The van der Waals surface area contributed by atoms with Crippen molar-refractivity contribution in [1.29, 1.82) is 0 Å². The first-order chi connectivity index (χ1) is 6.57. The largest absolute Gasteiger partial charge is 0.318 e. The second kappa shape index (κ2) is 3.38. The molecule has 0 unspecified atom stereocenters. The number of hydrogen-bond acceptors (Lipinski definition) is 4. The average Bonchev–Trinajstić information content (AvgIpc) is 2.38. The van der Waals surface area contributed by atoms with Gasteiger partial charge in [-0.05, 0) is 6.08 Å². The molecule has 1 N–H and O–H groups in total. The van der Waals surface area contributed by atoms with Gasteiger partial charge in [0.15, 0.2) is 0 Å². The van der Waals surface area contributed by atoms with Crippen LogP contribution < -0.4 is 0 Å². The summed E-state index contributed by atoms with van der Waals surface area (Å²) >= 11 is 1.03. The molecule has 0 saturated heterocycles. The van der Waals surface area contributed by atoms with Crippen molar-refractivity contribution in [3.8, 4) is 0 Å². The molecule has 1 atom stereocenters. The van der Waals surface area contributed by atoms with Crippen LogP contribution in [0, 0.1) is 0 Å². The monoisotopic (exact) mass is 229 g/mol. The van der Waals surface area contributed by atoms with Crippen molar-refractivity contribution in [3.63, 3.8) is 0 Å². The Balaban J connectivity index is 2.39. The minimum Gasteiger partial charge on any atom is -0.280 e. The van der Waals surface area contributed by atoms with Crippen LogP contribution in [0.25, 0.3) is 0 Å². The molecule has 0 aromatic rings. The summed E-state index contributed by atoms with van der Waals surface area (Å²) in [5.74, 6) is 0. The molecule has 0 saturated carbocycles. The van der Waals surface area contributed by atoms with E-state index in [1.807, 2.05) is 18.2 Å². The average molecular weight is 229 g/mol. The van der Waals surface area contributed by atoms with E-state index in [-0.39, 0.29) is 9.63 Å². The number of allylic oxidation sites excluding steroid dienone is 4. The molecule has 0 aromatic heterocycles. The molecule has 6 heteroatoms. The number of hydrogen-bond donors (Lipinski definition) is 1. The summed E-state index contributed by atoms with van der Waals surface area (Å²) in [4.78, 5) is 3.84. The Morgan fingerprint density at radius 1 is 1.36 bits per heavy atom. The smallest absolute Gasteiger partial charge is 0.280 e. The van der Waals surface area contributed by atoms with Crippen molar-refractivity contribution in [2.45, 2.75) is 5.25 Å². The fourth-order valence-electron chi connectivity index (χ4n) is 1.14. The summed E-state index contributed by atoms with van der Waals surface area (Å²) in [5.41, 5.74) is 0.646. The molecule has 0 bridgehead atoms. The van der Waals surface area contributed by atoms with E-state index in [0.29, 0.717) is 5.70 Å². The number of thioether (sulfide) groups is 1. The predicted octanol–water partition coefficient (Wildman–Crippen LogP) is 1.36. The SMILES string of the molecule is O=S(=O)(O)C1=NC2=CC=CC=C[C@@H]2S1. The van der Waals surface area contributed by atoms with Gasteiger partial charge < -0.3 is 0 Å². The van der Waals surface area contributed by atoms with Crippen molar-refractivity contribution in [2.24, 2.45) is 4.99 Å². The molecule has 1 heterocycles. The summed E-state index contributed by atoms with van der Waals surface area (Å²) in [5, 5.41) is -0.109. The van der Waals surface area contributed by atoms with Gasteiger partial charge in [0.1, 0.15) is 0 Å². The van der Waals surface area contributed by atoms with Crippen LogP contribution in [0.15, 0.2) is 41.1 Å². The maximum atomic E-state index is 10.8. The lowest BCUT2D eigenvalue weighted by molar-refractivity contribution is 0.499. The second-order valence-electron chi connectivity index (χ2n) is 2.75. The molecular formula is C8H7NO3S2. The van der Waals surface area contributed by atoms with Crippen molar-refractivity contribution in [2.75, 3.05) is 0 Å². The molecular weight excluding hydrogens is 222 g/mol. The van der Waals surface area contributed by atoms with Crippen molar-refractivity contribution >= 4 is 26.3 Å². The molecule has 14 heavy (non-hydrogen) atoms. The third kappa shape index (κ3) is 1.82. The van der Waals surface area contributed by atoms with E-state index in [2.05, 4.69) is 4.99 Å². The topological polar surface area (TPSA) is 66.7 Å². The van der Waals surface area contributed by atoms with Gasteiger partial charge in [0.05, 0.1) is 10.9 Å². The van der Waals surface area contributed by atoms with E-state index in [1.54, 1.807) is 12.2 Å². The lowest BCUT2D eigenvalue weighted by Gasteiger charge is -2.00. The van der Waals surface area contributed by atoms with E-state index in [4.69, 9.17) is 4.55 Å². The summed E-state index contributed by atoms with van der Waals surface area (Å²) in [6.07, 6.45) is 9.01. The first kappa shape index (κ1) is 9.70. The highest BCUT2D eigenvalue weighted by molar-refractivity contribution is 8.34. The van der Waals surface area contributed by atoms with Gasteiger partial charge in [-0.2, -0.15) is 8.42 Å². The third-order valence-corrected chi connectivity index (χ3v) is 4.13. The van der Waals surface area contributed by atoms with Crippen LogP contribution in [-0.4, -0.2) is 22.6 Å². The van der Waals surface area contributed by atoms with Gasteiger partial charge in [-0.3, -0.25) is 4.55 Å².